The van der Waals surface area contributed by atoms with Crippen molar-refractivity contribution in [2.75, 3.05) is 14.2 Å². The van der Waals surface area contributed by atoms with E-state index in [0.717, 1.165) is 28.7 Å². The molecular weight excluding hydrogens is 536 g/mol. The summed E-state index contributed by atoms with van der Waals surface area (Å²) in [5.41, 5.74) is 3.83. The SMILES string of the molecule is CCCc1nc(CC)c(Oc2ccc(OC)c(OC)c2)c(=O)n1Cc1ccc(-c2ccccc2-c2noc(O)n2)cc1. The summed E-state index contributed by atoms with van der Waals surface area (Å²) in [6.07, 6.45) is 1.55. The zero-order valence-corrected chi connectivity index (χ0v) is 24.0. The number of aryl methyl sites for hydroxylation is 2. The molecule has 0 saturated carbocycles. The molecule has 2 aromatic heterocycles. The first-order valence-electron chi connectivity index (χ1n) is 13.7. The van der Waals surface area contributed by atoms with Gasteiger partial charge in [-0.3, -0.25) is 13.9 Å². The molecule has 10 heteroatoms. The van der Waals surface area contributed by atoms with Gasteiger partial charge in [-0.25, -0.2) is 4.98 Å². The lowest BCUT2D eigenvalue weighted by Gasteiger charge is -2.18. The molecular formula is C32H32N4O6. The summed E-state index contributed by atoms with van der Waals surface area (Å²) in [6, 6.07) is 20.7. The second-order valence-electron chi connectivity index (χ2n) is 9.56. The summed E-state index contributed by atoms with van der Waals surface area (Å²) in [5, 5.41) is 13.4. The Bertz CT molecular complexity index is 1740. The molecule has 0 unspecified atom stereocenters. The molecule has 216 valence electrons. The van der Waals surface area contributed by atoms with Gasteiger partial charge >= 0.3 is 6.08 Å². The van der Waals surface area contributed by atoms with Gasteiger partial charge in [0.2, 0.25) is 11.6 Å². The first-order chi connectivity index (χ1) is 20.4. The van der Waals surface area contributed by atoms with Gasteiger partial charge in [-0.1, -0.05) is 67.5 Å². The van der Waals surface area contributed by atoms with E-state index in [0.29, 0.717) is 54.0 Å². The Morgan fingerprint density at radius 2 is 1.64 bits per heavy atom. The van der Waals surface area contributed by atoms with E-state index < -0.39 is 6.08 Å². The first kappa shape index (κ1) is 28.4. The van der Waals surface area contributed by atoms with Crippen molar-refractivity contribution in [2.24, 2.45) is 0 Å². The van der Waals surface area contributed by atoms with Crippen molar-refractivity contribution in [3.8, 4) is 51.6 Å². The van der Waals surface area contributed by atoms with Gasteiger partial charge in [0.25, 0.3) is 5.56 Å². The minimum atomic E-state index is -0.486. The molecule has 0 radical (unpaired) electrons. The lowest BCUT2D eigenvalue weighted by molar-refractivity contribution is 0.267. The minimum absolute atomic E-state index is 0.193. The van der Waals surface area contributed by atoms with E-state index >= 15 is 0 Å². The molecule has 3 aromatic carbocycles. The van der Waals surface area contributed by atoms with Crippen LogP contribution in [0.15, 0.2) is 76.0 Å². The maximum Gasteiger partial charge on any atom is 0.415 e. The van der Waals surface area contributed by atoms with E-state index in [2.05, 4.69) is 17.1 Å². The monoisotopic (exact) mass is 568 g/mol. The van der Waals surface area contributed by atoms with Crippen LogP contribution in [0.25, 0.3) is 22.5 Å². The van der Waals surface area contributed by atoms with E-state index in [1.165, 1.54) is 0 Å². The number of hydrogen-bond acceptors (Lipinski definition) is 9. The summed E-state index contributed by atoms with van der Waals surface area (Å²) in [6.45, 7) is 4.34. The molecule has 0 aliphatic heterocycles. The number of methoxy groups -OCH3 is 2. The second kappa shape index (κ2) is 12.6. The van der Waals surface area contributed by atoms with Crippen molar-refractivity contribution in [1.29, 1.82) is 0 Å². The lowest BCUT2D eigenvalue weighted by atomic mass is 9.98. The average molecular weight is 569 g/mol. The van der Waals surface area contributed by atoms with E-state index in [1.54, 1.807) is 37.0 Å². The van der Waals surface area contributed by atoms with Gasteiger partial charge in [0.05, 0.1) is 26.5 Å². The Hall–Kier alpha value is -5.12. The molecule has 42 heavy (non-hydrogen) atoms. The summed E-state index contributed by atoms with van der Waals surface area (Å²) >= 11 is 0. The summed E-state index contributed by atoms with van der Waals surface area (Å²) in [4.78, 5) is 22.7. The van der Waals surface area contributed by atoms with Gasteiger partial charge in [0.15, 0.2) is 11.5 Å². The lowest BCUT2D eigenvalue weighted by Crippen LogP contribution is -2.28. The first-order valence-corrected chi connectivity index (χ1v) is 13.7. The van der Waals surface area contributed by atoms with Crippen LogP contribution in [0.4, 0.5) is 0 Å². The Balaban J connectivity index is 1.49. The van der Waals surface area contributed by atoms with E-state index in [1.807, 2.05) is 55.5 Å². The molecule has 5 aromatic rings. The van der Waals surface area contributed by atoms with Gasteiger partial charge in [-0.2, -0.15) is 4.98 Å². The Morgan fingerprint density at radius 1 is 0.905 bits per heavy atom. The van der Waals surface area contributed by atoms with Crippen LogP contribution in [0.3, 0.4) is 0 Å². The van der Waals surface area contributed by atoms with Crippen LogP contribution in [0, 0.1) is 0 Å². The maximum atomic E-state index is 13.9. The molecule has 1 N–H and O–H groups in total. The van der Waals surface area contributed by atoms with Crippen LogP contribution in [0.2, 0.25) is 0 Å². The Kier molecular flexibility index (Phi) is 8.52. The zero-order valence-electron chi connectivity index (χ0n) is 24.0. The molecule has 0 spiro atoms. The highest BCUT2D eigenvalue weighted by Gasteiger charge is 2.19. The fraction of sp³-hybridized carbons (Fsp3) is 0.250. The largest absolute Gasteiger partial charge is 0.493 e. The van der Waals surface area contributed by atoms with Crippen molar-refractivity contribution in [2.45, 2.75) is 39.7 Å². The molecule has 0 bridgehead atoms. The maximum absolute atomic E-state index is 13.9. The average Bonchev–Trinajstić information content (AvgIpc) is 3.46. The van der Waals surface area contributed by atoms with Gasteiger partial charge in [-0.15, -0.1) is 0 Å². The molecule has 0 aliphatic rings. The number of rotatable bonds is 11. The zero-order chi connectivity index (χ0) is 29.6. The fourth-order valence-corrected chi connectivity index (χ4v) is 4.77. The number of hydrogen-bond donors (Lipinski definition) is 1. The standard InChI is InChI=1S/C32H32N4O6/c1-5-9-28-33-25(6-2)29(41-22-16-17-26(39-3)27(18-22)40-4)31(37)36(28)19-20-12-14-21(15-13-20)23-10-7-8-11-24(23)30-34-32(38)42-35-30/h7-8,10-18H,5-6,9,19H2,1-4H3,(H,34,35,38). The predicted molar refractivity (Wildman–Crippen MR) is 157 cm³/mol. The summed E-state index contributed by atoms with van der Waals surface area (Å²) in [5.74, 6) is 2.72. The smallest absolute Gasteiger partial charge is 0.415 e. The highest BCUT2D eigenvalue weighted by Crippen LogP contribution is 2.34. The van der Waals surface area contributed by atoms with Gasteiger partial charge < -0.3 is 19.3 Å². The van der Waals surface area contributed by atoms with Crippen LogP contribution in [-0.2, 0) is 19.4 Å². The second-order valence-corrected chi connectivity index (χ2v) is 9.56. The van der Waals surface area contributed by atoms with Crippen LogP contribution in [-0.4, -0.2) is 39.0 Å². The van der Waals surface area contributed by atoms with Crippen LogP contribution in [0.1, 0.15) is 37.4 Å². The van der Waals surface area contributed by atoms with Crippen LogP contribution in [0.5, 0.6) is 29.1 Å². The molecule has 0 amide bonds. The number of benzene rings is 3. The van der Waals surface area contributed by atoms with E-state index in [4.69, 9.17) is 23.7 Å². The van der Waals surface area contributed by atoms with Crippen molar-refractivity contribution >= 4 is 0 Å². The highest BCUT2D eigenvalue weighted by molar-refractivity contribution is 5.80. The van der Waals surface area contributed by atoms with Gasteiger partial charge in [0, 0.05) is 18.1 Å². The van der Waals surface area contributed by atoms with Crippen molar-refractivity contribution < 1.29 is 23.8 Å². The number of aromatic nitrogens is 4. The predicted octanol–water partition coefficient (Wildman–Crippen LogP) is 6.04. The van der Waals surface area contributed by atoms with E-state index in [9.17, 15) is 9.90 Å². The third kappa shape index (κ3) is 5.83. The topological polar surface area (TPSA) is 122 Å². The number of ether oxygens (including phenoxy) is 3. The minimum Gasteiger partial charge on any atom is -0.493 e. The number of aromatic hydroxyl groups is 1. The van der Waals surface area contributed by atoms with Gasteiger partial charge in [0.1, 0.15) is 11.6 Å². The van der Waals surface area contributed by atoms with Crippen molar-refractivity contribution in [3.63, 3.8) is 0 Å². The van der Waals surface area contributed by atoms with Crippen LogP contribution < -0.4 is 19.8 Å². The molecule has 0 saturated heterocycles. The summed E-state index contributed by atoms with van der Waals surface area (Å²) in [7, 11) is 3.11. The van der Waals surface area contributed by atoms with Gasteiger partial charge in [-0.05, 0) is 41.7 Å². The Morgan fingerprint density at radius 3 is 2.29 bits per heavy atom. The molecule has 0 fully saturated rings. The quantitative estimate of drug-likeness (QED) is 0.203. The third-order valence-electron chi connectivity index (χ3n) is 6.85. The fourth-order valence-electron chi connectivity index (χ4n) is 4.77. The third-order valence-corrected chi connectivity index (χ3v) is 6.85. The Labute approximate surface area is 243 Å². The van der Waals surface area contributed by atoms with Crippen molar-refractivity contribution in [1.82, 2.24) is 19.7 Å². The summed E-state index contributed by atoms with van der Waals surface area (Å²) < 4.78 is 23.3. The molecule has 2 heterocycles. The van der Waals surface area contributed by atoms with Crippen molar-refractivity contribution in [3.05, 3.63) is 94.2 Å². The highest BCUT2D eigenvalue weighted by atomic mass is 16.6. The molecule has 0 atom stereocenters. The molecule has 10 nitrogen and oxygen atoms in total. The molecule has 5 rings (SSSR count). The number of nitrogens with zero attached hydrogens (tertiary/aromatic N) is 4. The normalized spacial score (nSPS) is 11.0. The molecule has 0 aliphatic carbocycles. The van der Waals surface area contributed by atoms with E-state index in [-0.39, 0.29) is 11.3 Å². The van der Waals surface area contributed by atoms with Crippen LogP contribution >= 0.6 is 0 Å².